The van der Waals surface area contributed by atoms with E-state index in [9.17, 15) is 4.79 Å². The average Bonchev–Trinajstić information content (AvgIpc) is 3.53. The highest BCUT2D eigenvalue weighted by Crippen LogP contribution is 2.43. The molecule has 1 saturated heterocycles. The molecule has 2 N–H and O–H groups in total. The van der Waals surface area contributed by atoms with Crippen molar-refractivity contribution in [3.8, 4) is 17.2 Å². The Hall–Kier alpha value is -4.37. The van der Waals surface area contributed by atoms with Gasteiger partial charge in [0, 0.05) is 42.5 Å². The molecule has 9 heteroatoms. The molecular formula is C28H27N5O3S. The molecule has 1 amide bonds. The number of thiocarbonyl (C=S) groups is 1. The van der Waals surface area contributed by atoms with Gasteiger partial charge in [0.15, 0.2) is 5.11 Å². The number of ether oxygens (including phenoxy) is 2. The third kappa shape index (κ3) is 4.73. The molecule has 1 aliphatic rings. The summed E-state index contributed by atoms with van der Waals surface area (Å²) in [5.74, 6) is 1.15. The van der Waals surface area contributed by atoms with Crippen LogP contribution in [0.5, 0.6) is 11.5 Å². The topological polar surface area (TPSA) is 80.7 Å². The Balaban J connectivity index is 1.66. The highest BCUT2D eigenvalue weighted by molar-refractivity contribution is 7.80. The molecule has 2 atom stereocenters. The number of anilines is 2. The Morgan fingerprint density at radius 2 is 1.86 bits per heavy atom. The van der Waals surface area contributed by atoms with Crippen molar-refractivity contribution in [3.05, 3.63) is 96.6 Å². The third-order valence-corrected chi connectivity index (χ3v) is 6.60. The first-order chi connectivity index (χ1) is 18.0. The minimum Gasteiger partial charge on any atom is -0.497 e. The van der Waals surface area contributed by atoms with Crippen LogP contribution in [0.4, 0.5) is 11.4 Å². The van der Waals surface area contributed by atoms with E-state index in [4.69, 9.17) is 21.7 Å². The summed E-state index contributed by atoms with van der Waals surface area (Å²) >= 11 is 5.88. The van der Waals surface area contributed by atoms with E-state index in [-0.39, 0.29) is 18.0 Å². The summed E-state index contributed by atoms with van der Waals surface area (Å²) in [6.07, 6.45) is 3.80. The van der Waals surface area contributed by atoms with Crippen molar-refractivity contribution in [3.63, 3.8) is 0 Å². The molecule has 1 aliphatic heterocycles. The molecule has 0 bridgehead atoms. The van der Waals surface area contributed by atoms with E-state index in [0.717, 1.165) is 28.5 Å². The van der Waals surface area contributed by atoms with Crippen LogP contribution in [0.2, 0.25) is 0 Å². The molecule has 0 unspecified atom stereocenters. The fourth-order valence-corrected chi connectivity index (χ4v) is 5.04. The SMILES string of the molecule is COc1cccc(-n2cccc2[C@H]2[C@H](c3ccccn3)NC(=S)N2c2ccc(OC)c(NC(C)=O)c2)c1. The number of methoxy groups -OCH3 is 2. The summed E-state index contributed by atoms with van der Waals surface area (Å²) in [7, 11) is 3.23. The Morgan fingerprint density at radius 3 is 2.59 bits per heavy atom. The highest BCUT2D eigenvalue weighted by atomic mass is 32.1. The number of rotatable bonds is 7. The molecule has 4 aromatic rings. The number of hydrogen-bond acceptors (Lipinski definition) is 5. The number of benzene rings is 2. The van der Waals surface area contributed by atoms with Gasteiger partial charge in [-0.05, 0) is 66.8 Å². The number of carbonyl (C=O) groups excluding carboxylic acids is 1. The van der Waals surface area contributed by atoms with E-state index in [1.165, 1.54) is 6.92 Å². The van der Waals surface area contributed by atoms with Crippen molar-refractivity contribution >= 4 is 34.6 Å². The second-order valence-electron chi connectivity index (χ2n) is 8.57. The van der Waals surface area contributed by atoms with Crippen LogP contribution in [0.1, 0.15) is 30.4 Å². The first-order valence-corrected chi connectivity index (χ1v) is 12.2. The van der Waals surface area contributed by atoms with Gasteiger partial charge in [-0.25, -0.2) is 0 Å². The van der Waals surface area contributed by atoms with E-state index in [1.807, 2.05) is 72.9 Å². The van der Waals surface area contributed by atoms with Crippen LogP contribution >= 0.6 is 12.2 Å². The molecule has 0 radical (unpaired) electrons. The molecule has 1 fully saturated rings. The molecule has 188 valence electrons. The largest absolute Gasteiger partial charge is 0.497 e. The molecular weight excluding hydrogens is 486 g/mol. The summed E-state index contributed by atoms with van der Waals surface area (Å²) < 4.78 is 13.1. The molecule has 5 rings (SSSR count). The minimum atomic E-state index is -0.248. The summed E-state index contributed by atoms with van der Waals surface area (Å²) in [6.45, 7) is 1.47. The summed E-state index contributed by atoms with van der Waals surface area (Å²) in [5, 5.41) is 6.90. The second kappa shape index (κ2) is 10.3. The van der Waals surface area contributed by atoms with E-state index in [1.54, 1.807) is 20.4 Å². The fraction of sp³-hybridized carbons (Fsp3) is 0.179. The van der Waals surface area contributed by atoms with Gasteiger partial charge in [-0.3, -0.25) is 9.78 Å². The van der Waals surface area contributed by atoms with Crippen molar-refractivity contribution in [2.24, 2.45) is 0 Å². The molecule has 3 heterocycles. The molecule has 0 saturated carbocycles. The highest BCUT2D eigenvalue weighted by Gasteiger charge is 2.42. The van der Waals surface area contributed by atoms with Gasteiger partial charge in [0.1, 0.15) is 17.5 Å². The van der Waals surface area contributed by atoms with E-state index in [2.05, 4.69) is 31.2 Å². The van der Waals surface area contributed by atoms with Crippen LogP contribution in [-0.2, 0) is 4.79 Å². The minimum absolute atomic E-state index is 0.188. The Kier molecular flexibility index (Phi) is 6.78. The van der Waals surface area contributed by atoms with Crippen molar-refractivity contribution in [1.29, 1.82) is 0 Å². The summed E-state index contributed by atoms with van der Waals surface area (Å²) in [6, 6.07) is 23.0. The summed E-state index contributed by atoms with van der Waals surface area (Å²) in [5.41, 5.74) is 4.22. The maximum atomic E-state index is 11.9. The normalized spacial score (nSPS) is 16.8. The summed E-state index contributed by atoms with van der Waals surface area (Å²) in [4.78, 5) is 18.6. The van der Waals surface area contributed by atoms with Gasteiger partial charge in [0.2, 0.25) is 5.91 Å². The van der Waals surface area contributed by atoms with Crippen molar-refractivity contribution in [2.45, 2.75) is 19.0 Å². The van der Waals surface area contributed by atoms with Gasteiger partial charge < -0.3 is 29.6 Å². The standard InChI is InChI=1S/C28H27N5O3S/c1-18(34)30-23-17-20(12-13-25(23)36-3)33-27(26(31-28(33)37)22-10-4-5-14-29-22)24-11-7-15-32(24)19-8-6-9-21(16-19)35-2/h4-17,26-27H,1-3H3,(H,30,34)(H,31,37)/t26-,27-/m0/s1. The maximum Gasteiger partial charge on any atom is 0.221 e. The molecule has 37 heavy (non-hydrogen) atoms. The predicted molar refractivity (Wildman–Crippen MR) is 148 cm³/mol. The smallest absolute Gasteiger partial charge is 0.221 e. The number of nitrogens with zero attached hydrogens (tertiary/aromatic N) is 3. The van der Waals surface area contributed by atoms with Crippen LogP contribution in [0.3, 0.4) is 0 Å². The third-order valence-electron chi connectivity index (χ3n) is 6.28. The monoisotopic (exact) mass is 513 g/mol. The number of aromatic nitrogens is 2. The van der Waals surface area contributed by atoms with E-state index in [0.29, 0.717) is 16.5 Å². The molecule has 2 aromatic heterocycles. The Labute approximate surface area is 220 Å². The van der Waals surface area contributed by atoms with Gasteiger partial charge in [-0.15, -0.1) is 0 Å². The zero-order chi connectivity index (χ0) is 25.9. The quantitative estimate of drug-likeness (QED) is 0.336. The van der Waals surface area contributed by atoms with Crippen LogP contribution in [0.15, 0.2) is 85.2 Å². The lowest BCUT2D eigenvalue weighted by Crippen LogP contribution is -2.30. The Morgan fingerprint density at radius 1 is 1.00 bits per heavy atom. The lowest BCUT2D eigenvalue weighted by molar-refractivity contribution is -0.114. The zero-order valence-electron chi connectivity index (χ0n) is 20.7. The number of nitrogens with one attached hydrogen (secondary N) is 2. The lowest BCUT2D eigenvalue weighted by atomic mass is 10.0. The van der Waals surface area contributed by atoms with Gasteiger partial charge in [-0.2, -0.15) is 0 Å². The first-order valence-electron chi connectivity index (χ1n) is 11.8. The van der Waals surface area contributed by atoms with Crippen LogP contribution in [0, 0.1) is 0 Å². The second-order valence-corrected chi connectivity index (χ2v) is 8.95. The molecule has 2 aromatic carbocycles. The van der Waals surface area contributed by atoms with Crippen molar-refractivity contribution < 1.29 is 14.3 Å². The average molecular weight is 514 g/mol. The van der Waals surface area contributed by atoms with Crippen LogP contribution in [0.25, 0.3) is 5.69 Å². The van der Waals surface area contributed by atoms with Gasteiger partial charge in [0.25, 0.3) is 0 Å². The number of carbonyl (C=O) groups is 1. The van der Waals surface area contributed by atoms with E-state index >= 15 is 0 Å². The number of pyridine rings is 1. The first kappa shape index (κ1) is 24.3. The maximum absolute atomic E-state index is 11.9. The van der Waals surface area contributed by atoms with Crippen molar-refractivity contribution in [1.82, 2.24) is 14.9 Å². The van der Waals surface area contributed by atoms with Gasteiger partial charge in [0.05, 0.1) is 31.6 Å². The van der Waals surface area contributed by atoms with Crippen LogP contribution in [-0.4, -0.2) is 34.8 Å². The van der Waals surface area contributed by atoms with Gasteiger partial charge >= 0.3 is 0 Å². The van der Waals surface area contributed by atoms with Gasteiger partial charge in [-0.1, -0.05) is 12.1 Å². The number of amides is 1. The predicted octanol–water partition coefficient (Wildman–Crippen LogP) is 5.03. The van der Waals surface area contributed by atoms with E-state index < -0.39 is 0 Å². The molecule has 0 aliphatic carbocycles. The Bertz CT molecular complexity index is 1440. The van der Waals surface area contributed by atoms with Crippen molar-refractivity contribution in [2.75, 3.05) is 24.4 Å². The lowest BCUT2D eigenvalue weighted by Gasteiger charge is -2.29. The molecule has 8 nitrogen and oxygen atoms in total. The van der Waals surface area contributed by atoms with Crippen LogP contribution < -0.4 is 25.0 Å². The molecule has 0 spiro atoms. The fourth-order valence-electron chi connectivity index (χ4n) is 4.70. The zero-order valence-corrected chi connectivity index (χ0v) is 21.5. The number of hydrogen-bond donors (Lipinski definition) is 2.